The van der Waals surface area contributed by atoms with Gasteiger partial charge in [0.05, 0.1) is 11.0 Å². The summed E-state index contributed by atoms with van der Waals surface area (Å²) in [6, 6.07) is 27.9. The molecule has 0 saturated heterocycles. The Hall–Kier alpha value is -3.17. The van der Waals surface area contributed by atoms with Gasteiger partial charge in [-0.25, -0.2) is 4.98 Å². The molecule has 3 heteroatoms. The molecule has 2 nitrogen and oxygen atoms in total. The number of aromatic nitrogens is 2. The number of hydrogen-bond acceptors (Lipinski definition) is 2. The highest BCUT2D eigenvalue weighted by Crippen LogP contribution is 2.42. The van der Waals surface area contributed by atoms with E-state index in [4.69, 9.17) is 0 Å². The summed E-state index contributed by atoms with van der Waals surface area (Å²) in [5.41, 5.74) is 2.41. The molecule has 0 unspecified atom stereocenters. The number of rotatable bonds is 1. The summed E-state index contributed by atoms with van der Waals surface area (Å²) in [7, 11) is 0. The average Bonchev–Trinajstić information content (AvgIpc) is 3.24. The van der Waals surface area contributed by atoms with E-state index in [1.807, 2.05) is 29.7 Å². The highest BCUT2D eigenvalue weighted by molar-refractivity contribution is 7.26. The summed E-state index contributed by atoms with van der Waals surface area (Å²) in [6.45, 7) is 0. The van der Waals surface area contributed by atoms with Gasteiger partial charge in [0.15, 0.2) is 0 Å². The number of nitrogens with zero attached hydrogens (tertiary/aromatic N) is 2. The molecule has 0 atom stereocenters. The van der Waals surface area contributed by atoms with Gasteiger partial charge < -0.3 is 0 Å². The maximum Gasteiger partial charge on any atom is 0.137 e. The van der Waals surface area contributed by atoms with E-state index in [2.05, 4.69) is 76.3 Å². The molecule has 3 heterocycles. The van der Waals surface area contributed by atoms with E-state index in [1.54, 1.807) is 0 Å². The van der Waals surface area contributed by atoms with Crippen molar-refractivity contribution < 1.29 is 0 Å². The van der Waals surface area contributed by atoms with E-state index in [0.717, 1.165) is 5.82 Å². The second kappa shape index (κ2) is 5.16. The van der Waals surface area contributed by atoms with E-state index in [0.29, 0.717) is 0 Å². The summed E-state index contributed by atoms with van der Waals surface area (Å²) < 4.78 is 4.95. The predicted octanol–water partition coefficient (Wildman–Crippen LogP) is 6.55. The third kappa shape index (κ3) is 1.78. The van der Waals surface area contributed by atoms with Crippen molar-refractivity contribution in [1.29, 1.82) is 0 Å². The minimum Gasteiger partial charge on any atom is -0.294 e. The van der Waals surface area contributed by atoms with Crippen molar-refractivity contribution in [3.8, 4) is 5.82 Å². The van der Waals surface area contributed by atoms with Crippen LogP contribution in [0.1, 0.15) is 0 Å². The molecule has 6 rings (SSSR count). The van der Waals surface area contributed by atoms with Crippen LogP contribution in [0.3, 0.4) is 0 Å². The predicted molar refractivity (Wildman–Crippen MR) is 111 cm³/mol. The van der Waals surface area contributed by atoms with Gasteiger partial charge >= 0.3 is 0 Å². The first-order chi connectivity index (χ1) is 12.9. The molecule has 26 heavy (non-hydrogen) atoms. The quantitative estimate of drug-likeness (QED) is 0.329. The Bertz CT molecular complexity index is 1420. The van der Waals surface area contributed by atoms with Crippen LogP contribution in [0.4, 0.5) is 0 Å². The van der Waals surface area contributed by atoms with Crippen LogP contribution in [0.2, 0.25) is 0 Å². The average molecular weight is 350 g/mol. The second-order valence-electron chi connectivity index (χ2n) is 6.47. The lowest BCUT2D eigenvalue weighted by Crippen LogP contribution is -1.95. The SMILES string of the molecule is c1ccc(-n2c3ccccc3c3c4c(ccc32)sc2ccccc24)nc1. The Kier molecular flexibility index (Phi) is 2.79. The van der Waals surface area contributed by atoms with Crippen LogP contribution in [-0.4, -0.2) is 9.55 Å². The standard InChI is InChI=1S/C23H14N2S/c1-3-9-17-15(7-1)22-18(25(17)21-11-5-6-14-24-21)12-13-20-23(22)16-8-2-4-10-19(16)26-20/h1-14H. The maximum absolute atomic E-state index is 4.62. The van der Waals surface area contributed by atoms with Crippen LogP contribution in [0.25, 0.3) is 47.8 Å². The van der Waals surface area contributed by atoms with Crippen molar-refractivity contribution in [3.63, 3.8) is 0 Å². The fraction of sp³-hybridized carbons (Fsp3) is 0. The largest absolute Gasteiger partial charge is 0.294 e. The van der Waals surface area contributed by atoms with Gasteiger partial charge in [0.25, 0.3) is 0 Å². The van der Waals surface area contributed by atoms with Gasteiger partial charge in [-0.15, -0.1) is 11.3 Å². The first-order valence-corrected chi connectivity index (χ1v) is 9.48. The van der Waals surface area contributed by atoms with Crippen LogP contribution < -0.4 is 0 Å². The van der Waals surface area contributed by atoms with Crippen molar-refractivity contribution in [1.82, 2.24) is 9.55 Å². The Balaban J connectivity index is 1.92. The first kappa shape index (κ1) is 14.0. The number of benzene rings is 3. The summed E-state index contributed by atoms with van der Waals surface area (Å²) in [5, 5.41) is 5.29. The molecule has 0 bridgehead atoms. The molecule has 3 aromatic heterocycles. The van der Waals surface area contributed by atoms with Gasteiger partial charge in [-0.3, -0.25) is 4.57 Å². The minimum atomic E-state index is 0.956. The van der Waals surface area contributed by atoms with E-state index < -0.39 is 0 Å². The zero-order chi connectivity index (χ0) is 17.1. The van der Waals surface area contributed by atoms with Crippen molar-refractivity contribution in [2.75, 3.05) is 0 Å². The summed E-state index contributed by atoms with van der Waals surface area (Å²) >= 11 is 1.87. The van der Waals surface area contributed by atoms with Gasteiger partial charge in [-0.1, -0.05) is 42.5 Å². The summed E-state index contributed by atoms with van der Waals surface area (Å²) in [6.07, 6.45) is 1.86. The number of thiophene rings is 1. The molecule has 0 aliphatic rings. The molecule has 0 amide bonds. The molecule has 3 aromatic carbocycles. The van der Waals surface area contributed by atoms with Crippen LogP contribution in [0, 0.1) is 0 Å². The zero-order valence-electron chi connectivity index (χ0n) is 13.9. The van der Waals surface area contributed by atoms with Crippen molar-refractivity contribution in [2.24, 2.45) is 0 Å². The zero-order valence-corrected chi connectivity index (χ0v) is 14.7. The third-order valence-electron chi connectivity index (χ3n) is 5.06. The fourth-order valence-electron chi connectivity index (χ4n) is 4.01. The van der Waals surface area contributed by atoms with E-state index >= 15 is 0 Å². The monoisotopic (exact) mass is 350 g/mol. The normalized spacial score (nSPS) is 11.8. The molecule has 0 radical (unpaired) electrons. The molecule has 0 N–H and O–H groups in total. The molecule has 0 fully saturated rings. The molecular weight excluding hydrogens is 336 g/mol. The number of para-hydroxylation sites is 1. The molecular formula is C23H14N2S. The molecule has 0 aliphatic heterocycles. The van der Waals surface area contributed by atoms with E-state index in [1.165, 1.54) is 42.0 Å². The lowest BCUT2D eigenvalue weighted by molar-refractivity contribution is 1.08. The molecule has 122 valence electrons. The minimum absolute atomic E-state index is 0.956. The Labute approximate surface area is 153 Å². The van der Waals surface area contributed by atoms with E-state index in [-0.39, 0.29) is 0 Å². The summed E-state index contributed by atoms with van der Waals surface area (Å²) in [4.78, 5) is 4.62. The molecule has 6 aromatic rings. The third-order valence-corrected chi connectivity index (χ3v) is 6.19. The highest BCUT2D eigenvalue weighted by atomic mass is 32.1. The van der Waals surface area contributed by atoms with Gasteiger partial charge in [-0.05, 0) is 36.4 Å². The Morgan fingerprint density at radius 2 is 1.42 bits per heavy atom. The molecule has 0 saturated carbocycles. The van der Waals surface area contributed by atoms with Gasteiger partial charge in [0, 0.05) is 37.1 Å². The second-order valence-corrected chi connectivity index (χ2v) is 7.56. The van der Waals surface area contributed by atoms with Crippen molar-refractivity contribution >= 4 is 53.3 Å². The van der Waals surface area contributed by atoms with Crippen molar-refractivity contribution in [2.45, 2.75) is 0 Å². The first-order valence-electron chi connectivity index (χ1n) is 8.66. The van der Waals surface area contributed by atoms with Crippen LogP contribution in [0.5, 0.6) is 0 Å². The highest BCUT2D eigenvalue weighted by Gasteiger charge is 2.17. The van der Waals surface area contributed by atoms with Crippen molar-refractivity contribution in [3.05, 3.63) is 85.1 Å². The lowest BCUT2D eigenvalue weighted by Gasteiger charge is -2.06. The number of hydrogen-bond donors (Lipinski definition) is 0. The Morgan fingerprint density at radius 1 is 0.615 bits per heavy atom. The van der Waals surface area contributed by atoms with Crippen LogP contribution in [0.15, 0.2) is 85.1 Å². The van der Waals surface area contributed by atoms with E-state index in [9.17, 15) is 0 Å². The van der Waals surface area contributed by atoms with Crippen LogP contribution in [-0.2, 0) is 0 Å². The van der Waals surface area contributed by atoms with Gasteiger partial charge in [-0.2, -0.15) is 0 Å². The fourth-order valence-corrected chi connectivity index (χ4v) is 5.12. The maximum atomic E-state index is 4.62. The van der Waals surface area contributed by atoms with Gasteiger partial charge in [0.1, 0.15) is 5.82 Å². The number of fused-ring (bicyclic) bond motifs is 7. The van der Waals surface area contributed by atoms with Gasteiger partial charge in [0.2, 0.25) is 0 Å². The molecule has 0 aliphatic carbocycles. The summed E-state index contributed by atoms with van der Waals surface area (Å²) in [5.74, 6) is 0.956. The topological polar surface area (TPSA) is 17.8 Å². The molecule has 0 spiro atoms. The van der Waals surface area contributed by atoms with Crippen LogP contribution >= 0.6 is 11.3 Å². The lowest BCUT2D eigenvalue weighted by atomic mass is 10.1. The number of pyridine rings is 1. The smallest absolute Gasteiger partial charge is 0.137 e. The Morgan fingerprint density at radius 3 is 2.31 bits per heavy atom.